The van der Waals surface area contributed by atoms with Gasteiger partial charge in [-0.2, -0.15) is 24.9 Å². The Balaban J connectivity index is 1.97. The maximum absolute atomic E-state index is 12.7. The van der Waals surface area contributed by atoms with E-state index in [9.17, 15) is 26.4 Å². The van der Waals surface area contributed by atoms with Crippen LogP contribution in [0.2, 0.25) is 0 Å². The number of hydrogen-bond donors (Lipinski definition) is 1. The van der Waals surface area contributed by atoms with Gasteiger partial charge in [-0.1, -0.05) is 19.3 Å². The maximum Gasteiger partial charge on any atom is 0.417 e. The molecule has 1 fully saturated rings. The molecule has 1 aromatic rings. The molecule has 0 spiro atoms. The summed E-state index contributed by atoms with van der Waals surface area (Å²) in [5.74, 6) is -0.0103. The average Bonchev–Trinajstić information content (AvgIpc) is 2.65. The molecule has 0 unspecified atom stereocenters. The smallest absolute Gasteiger partial charge is 0.354 e. The summed E-state index contributed by atoms with van der Waals surface area (Å²) < 4.78 is 61.5. The Labute approximate surface area is 167 Å². The van der Waals surface area contributed by atoms with Crippen LogP contribution in [0.15, 0.2) is 23.4 Å². The van der Waals surface area contributed by atoms with E-state index in [1.807, 2.05) is 0 Å². The van der Waals surface area contributed by atoms with Crippen molar-refractivity contribution in [2.24, 2.45) is 0 Å². The van der Waals surface area contributed by atoms with Crippen LogP contribution in [0, 0.1) is 0 Å². The van der Waals surface area contributed by atoms with E-state index in [1.165, 1.54) is 33.1 Å². The van der Waals surface area contributed by atoms with Crippen molar-refractivity contribution >= 4 is 27.5 Å². The third kappa shape index (κ3) is 5.40. The molecule has 1 amide bonds. The number of hydrogen-bond acceptors (Lipinski definition) is 5. The van der Waals surface area contributed by atoms with Gasteiger partial charge in [-0.25, -0.2) is 13.4 Å². The van der Waals surface area contributed by atoms with Gasteiger partial charge in [0, 0.05) is 23.7 Å². The molecule has 0 aromatic carbocycles. The van der Waals surface area contributed by atoms with Crippen molar-refractivity contribution in [3.05, 3.63) is 23.9 Å². The highest BCUT2D eigenvalue weighted by atomic mass is 32.2. The van der Waals surface area contributed by atoms with E-state index in [-0.39, 0.29) is 0 Å². The van der Waals surface area contributed by atoms with E-state index in [0.29, 0.717) is 29.8 Å². The maximum atomic E-state index is 12.7. The fraction of sp³-hybridized carbons (Fsp3) is 0.667. The van der Waals surface area contributed by atoms with Crippen LogP contribution in [0.1, 0.15) is 51.5 Å². The molecule has 1 N–H and O–H groups in total. The van der Waals surface area contributed by atoms with Crippen LogP contribution in [0.3, 0.4) is 0 Å². The number of nitrogens with zero attached hydrogens (tertiary/aromatic N) is 1. The molecular formula is C18H25F3N2O3S2. The quantitative estimate of drug-likeness (QED) is 0.655. The van der Waals surface area contributed by atoms with Crippen molar-refractivity contribution < 1.29 is 26.4 Å². The molecule has 28 heavy (non-hydrogen) atoms. The second-order valence-corrected chi connectivity index (χ2v) is 11.1. The number of thioether (sulfide) groups is 1. The van der Waals surface area contributed by atoms with Crippen LogP contribution in [-0.2, 0) is 20.8 Å². The summed E-state index contributed by atoms with van der Waals surface area (Å²) in [6.07, 6.45) is 1.87. The van der Waals surface area contributed by atoms with Crippen molar-refractivity contribution in [3.63, 3.8) is 0 Å². The van der Waals surface area contributed by atoms with Crippen LogP contribution in [-0.4, -0.2) is 41.6 Å². The second-order valence-electron chi connectivity index (χ2n) is 7.28. The number of sulfone groups is 1. The standard InChI is InChI=1S/C18H25F3N2O3S2/c1-17(2,16(24)22-10-11-27-14-6-4-3-5-7-14)28(25,26)15-9-8-13(12-23-15)18(19,20)21/h8-9,12,14H,3-7,10-11H2,1-2H3,(H,22,24). The Morgan fingerprint density at radius 1 is 1.21 bits per heavy atom. The average molecular weight is 439 g/mol. The molecular weight excluding hydrogens is 413 g/mol. The highest BCUT2D eigenvalue weighted by Gasteiger charge is 2.44. The molecule has 2 rings (SSSR count). The van der Waals surface area contributed by atoms with Gasteiger partial charge in [0.25, 0.3) is 0 Å². The van der Waals surface area contributed by atoms with Crippen LogP contribution in [0.5, 0.6) is 0 Å². The number of pyridine rings is 1. The number of aromatic nitrogens is 1. The first-order valence-electron chi connectivity index (χ1n) is 9.14. The Morgan fingerprint density at radius 3 is 2.39 bits per heavy atom. The summed E-state index contributed by atoms with van der Waals surface area (Å²) in [7, 11) is -4.25. The topological polar surface area (TPSA) is 76.1 Å². The summed E-state index contributed by atoms with van der Waals surface area (Å²) >= 11 is 1.77. The van der Waals surface area contributed by atoms with Gasteiger partial charge in [0.15, 0.2) is 9.77 Å². The van der Waals surface area contributed by atoms with Gasteiger partial charge in [0.05, 0.1) is 5.56 Å². The van der Waals surface area contributed by atoms with Crippen LogP contribution >= 0.6 is 11.8 Å². The number of halogens is 3. The molecule has 1 saturated carbocycles. The van der Waals surface area contributed by atoms with Crippen molar-refractivity contribution in [1.29, 1.82) is 0 Å². The zero-order valence-corrected chi connectivity index (χ0v) is 17.5. The van der Waals surface area contributed by atoms with Crippen molar-refractivity contribution in [2.45, 2.75) is 67.2 Å². The normalized spacial score (nSPS) is 16.8. The van der Waals surface area contributed by atoms with Gasteiger partial charge in [-0.15, -0.1) is 0 Å². The van der Waals surface area contributed by atoms with E-state index in [4.69, 9.17) is 0 Å². The number of carbonyl (C=O) groups is 1. The zero-order valence-electron chi connectivity index (χ0n) is 15.9. The minimum atomic E-state index is -4.61. The summed E-state index contributed by atoms with van der Waals surface area (Å²) in [5.41, 5.74) is -1.05. The molecule has 1 aliphatic carbocycles. The number of rotatable bonds is 7. The highest BCUT2D eigenvalue weighted by Crippen LogP contribution is 2.31. The van der Waals surface area contributed by atoms with E-state index in [2.05, 4.69) is 10.3 Å². The molecule has 1 heterocycles. The first-order valence-corrected chi connectivity index (χ1v) is 11.7. The number of alkyl halides is 3. The third-order valence-corrected chi connectivity index (χ3v) is 8.55. The Kier molecular flexibility index (Phi) is 7.41. The Bertz CT molecular complexity index is 772. The van der Waals surface area contributed by atoms with Gasteiger partial charge in [0.1, 0.15) is 0 Å². The monoisotopic (exact) mass is 438 g/mol. The molecule has 10 heteroatoms. The van der Waals surface area contributed by atoms with E-state index < -0.39 is 37.3 Å². The molecule has 0 radical (unpaired) electrons. The van der Waals surface area contributed by atoms with Crippen LogP contribution in [0.25, 0.3) is 0 Å². The first-order chi connectivity index (χ1) is 13.0. The highest BCUT2D eigenvalue weighted by molar-refractivity contribution is 7.99. The Morgan fingerprint density at radius 2 is 1.86 bits per heavy atom. The van der Waals surface area contributed by atoms with Gasteiger partial charge in [-0.05, 0) is 38.8 Å². The summed E-state index contributed by atoms with van der Waals surface area (Å²) in [4.78, 5) is 15.9. The third-order valence-electron chi connectivity index (χ3n) is 4.85. The molecule has 1 aliphatic rings. The van der Waals surface area contributed by atoms with Gasteiger partial charge in [0.2, 0.25) is 15.7 Å². The van der Waals surface area contributed by atoms with E-state index >= 15 is 0 Å². The van der Waals surface area contributed by atoms with Crippen molar-refractivity contribution in [3.8, 4) is 0 Å². The fourth-order valence-corrected chi connectivity index (χ4v) is 5.42. The lowest BCUT2D eigenvalue weighted by atomic mass is 10.0. The molecule has 5 nitrogen and oxygen atoms in total. The lowest BCUT2D eigenvalue weighted by Crippen LogP contribution is -2.48. The molecule has 0 atom stereocenters. The lowest BCUT2D eigenvalue weighted by molar-refractivity contribution is -0.137. The first kappa shape index (κ1) is 23.0. The van der Waals surface area contributed by atoms with Crippen LogP contribution < -0.4 is 5.32 Å². The predicted octanol–water partition coefficient (Wildman–Crippen LogP) is 3.83. The molecule has 0 saturated heterocycles. The predicted molar refractivity (Wildman–Crippen MR) is 103 cm³/mol. The largest absolute Gasteiger partial charge is 0.417 e. The number of nitrogens with one attached hydrogen (secondary N) is 1. The minimum Gasteiger partial charge on any atom is -0.354 e. The summed E-state index contributed by atoms with van der Waals surface area (Å²) in [6.45, 7) is 2.79. The van der Waals surface area contributed by atoms with Gasteiger partial charge < -0.3 is 5.32 Å². The van der Waals surface area contributed by atoms with E-state index in [1.54, 1.807) is 11.8 Å². The summed E-state index contributed by atoms with van der Waals surface area (Å²) in [6, 6.07) is 1.43. The van der Waals surface area contributed by atoms with Crippen molar-refractivity contribution in [1.82, 2.24) is 10.3 Å². The van der Waals surface area contributed by atoms with Crippen molar-refractivity contribution in [2.75, 3.05) is 12.3 Å². The summed E-state index contributed by atoms with van der Waals surface area (Å²) in [5, 5.41) is 2.65. The SMILES string of the molecule is CC(C)(C(=O)NCCSC1CCCCC1)S(=O)(=O)c1ccc(C(F)(F)F)cn1. The number of amides is 1. The Hall–Kier alpha value is -1.29. The number of carbonyl (C=O) groups excluding carboxylic acids is 1. The molecule has 0 bridgehead atoms. The van der Waals surface area contributed by atoms with E-state index in [0.717, 1.165) is 18.9 Å². The lowest BCUT2D eigenvalue weighted by Gasteiger charge is -2.24. The fourth-order valence-electron chi connectivity index (χ4n) is 2.93. The van der Waals surface area contributed by atoms with Gasteiger partial charge >= 0.3 is 6.18 Å². The molecule has 158 valence electrons. The zero-order chi connectivity index (χ0) is 21.0. The molecule has 0 aliphatic heterocycles. The second kappa shape index (κ2) is 9.02. The van der Waals surface area contributed by atoms with Gasteiger partial charge in [-0.3, -0.25) is 4.79 Å². The van der Waals surface area contributed by atoms with Crippen LogP contribution in [0.4, 0.5) is 13.2 Å². The minimum absolute atomic E-state index is 0.333. The molecule has 1 aromatic heterocycles.